The number of amides is 2. The summed E-state index contributed by atoms with van der Waals surface area (Å²) in [6.07, 6.45) is 8.58. The van der Waals surface area contributed by atoms with Crippen molar-refractivity contribution in [2.75, 3.05) is 19.6 Å². The Bertz CT molecular complexity index is 1300. The molecular weight excluding hydrogens is 478 g/mol. The van der Waals surface area contributed by atoms with E-state index in [0.717, 1.165) is 75.7 Å². The standard InChI is InChI=1S/C31H35N3O4/c1-21-8-10-23(11-9-21)29-26-18-25(13-12-22(26)14-17-34(29)30(35)24-6-2-3-7-24)37-20-28-32-27(19-38-28)31(36)33-15-4-5-16-33/h8-13,18-19,24,29H,2-7,14-17,20H2,1H3/t29-/m1/s1. The number of rotatable bonds is 6. The van der Waals surface area contributed by atoms with Crippen molar-refractivity contribution in [1.82, 2.24) is 14.8 Å². The highest BCUT2D eigenvalue weighted by atomic mass is 16.5. The summed E-state index contributed by atoms with van der Waals surface area (Å²) in [6, 6.07) is 14.5. The quantitative estimate of drug-likeness (QED) is 0.437. The molecule has 6 rings (SSSR count). The summed E-state index contributed by atoms with van der Waals surface area (Å²) in [6.45, 7) is 4.49. The second-order valence-electron chi connectivity index (χ2n) is 10.9. The van der Waals surface area contributed by atoms with E-state index in [1.54, 1.807) is 0 Å². The third-order valence-corrected chi connectivity index (χ3v) is 8.25. The van der Waals surface area contributed by atoms with Gasteiger partial charge in [-0.2, -0.15) is 0 Å². The minimum Gasteiger partial charge on any atom is -0.484 e. The minimum absolute atomic E-state index is 0.0840. The number of carbonyl (C=O) groups excluding carboxylic acids is 2. The molecule has 2 aliphatic heterocycles. The van der Waals surface area contributed by atoms with Gasteiger partial charge in [-0.1, -0.05) is 48.7 Å². The third kappa shape index (κ3) is 4.94. The molecule has 1 aliphatic carbocycles. The Morgan fingerprint density at radius 2 is 1.76 bits per heavy atom. The number of ether oxygens (including phenoxy) is 1. The second-order valence-corrected chi connectivity index (χ2v) is 10.9. The molecule has 1 saturated heterocycles. The Hall–Kier alpha value is -3.61. The van der Waals surface area contributed by atoms with Crippen molar-refractivity contribution < 1.29 is 18.7 Å². The molecule has 0 spiro atoms. The number of aromatic nitrogens is 1. The van der Waals surface area contributed by atoms with Crippen molar-refractivity contribution in [2.24, 2.45) is 5.92 Å². The van der Waals surface area contributed by atoms with Crippen LogP contribution >= 0.6 is 0 Å². The summed E-state index contributed by atoms with van der Waals surface area (Å²) < 4.78 is 11.6. The summed E-state index contributed by atoms with van der Waals surface area (Å²) in [4.78, 5) is 34.5. The van der Waals surface area contributed by atoms with Gasteiger partial charge in [-0.15, -0.1) is 0 Å². The first kappa shape index (κ1) is 24.7. The first-order chi connectivity index (χ1) is 18.6. The van der Waals surface area contributed by atoms with Gasteiger partial charge < -0.3 is 19.0 Å². The van der Waals surface area contributed by atoms with Gasteiger partial charge >= 0.3 is 0 Å². The number of hydrogen-bond acceptors (Lipinski definition) is 5. The van der Waals surface area contributed by atoms with Crippen LogP contribution in [0.25, 0.3) is 0 Å². The van der Waals surface area contributed by atoms with Crippen molar-refractivity contribution in [3.8, 4) is 5.75 Å². The van der Waals surface area contributed by atoms with Crippen molar-refractivity contribution in [3.63, 3.8) is 0 Å². The number of oxazole rings is 1. The Balaban J connectivity index is 1.23. The largest absolute Gasteiger partial charge is 0.484 e. The molecule has 7 nitrogen and oxygen atoms in total. The number of carbonyl (C=O) groups is 2. The van der Waals surface area contributed by atoms with E-state index >= 15 is 0 Å². The SMILES string of the molecule is Cc1ccc([C@@H]2c3cc(OCc4nc(C(=O)N5CCCC5)co4)ccc3CCN2C(=O)C2CCCC2)cc1. The zero-order valence-electron chi connectivity index (χ0n) is 22.0. The van der Waals surface area contributed by atoms with E-state index in [1.165, 1.54) is 17.4 Å². The molecule has 0 bridgehead atoms. The lowest BCUT2D eigenvalue weighted by Crippen LogP contribution is -2.43. The maximum absolute atomic E-state index is 13.7. The van der Waals surface area contributed by atoms with Crippen LogP contribution in [0.3, 0.4) is 0 Å². The van der Waals surface area contributed by atoms with Gasteiger partial charge in [-0.3, -0.25) is 9.59 Å². The smallest absolute Gasteiger partial charge is 0.275 e. The van der Waals surface area contributed by atoms with Gasteiger partial charge in [0.2, 0.25) is 11.8 Å². The van der Waals surface area contributed by atoms with Crippen LogP contribution < -0.4 is 4.74 Å². The zero-order chi connectivity index (χ0) is 26.1. The van der Waals surface area contributed by atoms with Crippen LogP contribution in [0.1, 0.15) is 83.2 Å². The highest BCUT2D eigenvalue weighted by Gasteiger charge is 2.36. The van der Waals surface area contributed by atoms with Gasteiger partial charge in [0, 0.05) is 25.6 Å². The number of fused-ring (bicyclic) bond motifs is 1. The van der Waals surface area contributed by atoms with Crippen LogP contribution in [0.4, 0.5) is 0 Å². The molecule has 3 aliphatic rings. The van der Waals surface area contributed by atoms with Gasteiger partial charge in [0.05, 0.1) is 6.04 Å². The molecule has 1 saturated carbocycles. The monoisotopic (exact) mass is 513 g/mol. The van der Waals surface area contributed by atoms with Crippen molar-refractivity contribution >= 4 is 11.8 Å². The number of aryl methyl sites for hydroxylation is 1. The highest BCUT2D eigenvalue weighted by molar-refractivity contribution is 5.92. The molecule has 7 heteroatoms. The van der Waals surface area contributed by atoms with E-state index < -0.39 is 0 Å². The molecule has 0 unspecified atom stereocenters. The van der Waals surface area contributed by atoms with Crippen LogP contribution in [0.5, 0.6) is 5.75 Å². The normalized spacial score (nSPS) is 19.6. The topological polar surface area (TPSA) is 75.9 Å². The van der Waals surface area contributed by atoms with Crippen LogP contribution in [-0.2, 0) is 17.8 Å². The summed E-state index contributed by atoms with van der Waals surface area (Å²) >= 11 is 0. The average Bonchev–Trinajstić information content (AvgIpc) is 3.74. The van der Waals surface area contributed by atoms with Crippen molar-refractivity contribution in [1.29, 1.82) is 0 Å². The Morgan fingerprint density at radius 1 is 1.00 bits per heavy atom. The van der Waals surface area contributed by atoms with Crippen LogP contribution in [0.2, 0.25) is 0 Å². The fourth-order valence-electron chi connectivity index (χ4n) is 6.14. The van der Waals surface area contributed by atoms with E-state index in [4.69, 9.17) is 9.15 Å². The molecule has 0 radical (unpaired) electrons. The summed E-state index contributed by atoms with van der Waals surface area (Å²) in [5.41, 5.74) is 5.01. The second kappa shape index (κ2) is 10.6. The van der Waals surface area contributed by atoms with Crippen molar-refractivity contribution in [3.05, 3.63) is 82.6 Å². The zero-order valence-corrected chi connectivity index (χ0v) is 22.0. The summed E-state index contributed by atoms with van der Waals surface area (Å²) in [5, 5.41) is 0. The van der Waals surface area contributed by atoms with Gasteiger partial charge in [0.25, 0.3) is 5.91 Å². The number of hydrogen-bond donors (Lipinski definition) is 0. The van der Waals surface area contributed by atoms with Gasteiger partial charge in [-0.25, -0.2) is 4.98 Å². The Labute approximate surface area is 223 Å². The summed E-state index contributed by atoms with van der Waals surface area (Å²) in [5.74, 6) is 1.39. The van der Waals surface area contributed by atoms with Crippen LogP contribution in [-0.4, -0.2) is 46.2 Å². The fraction of sp³-hybridized carbons (Fsp3) is 0.452. The van der Waals surface area contributed by atoms with E-state index in [2.05, 4.69) is 53.2 Å². The van der Waals surface area contributed by atoms with E-state index in [-0.39, 0.29) is 30.4 Å². The van der Waals surface area contributed by atoms with E-state index in [9.17, 15) is 9.59 Å². The number of nitrogens with zero attached hydrogens (tertiary/aromatic N) is 3. The highest BCUT2D eigenvalue weighted by Crippen LogP contribution is 2.40. The molecule has 2 fully saturated rings. The van der Waals surface area contributed by atoms with E-state index in [0.29, 0.717) is 17.3 Å². The van der Waals surface area contributed by atoms with Gasteiger partial charge in [0.1, 0.15) is 12.0 Å². The molecule has 38 heavy (non-hydrogen) atoms. The molecule has 2 amide bonds. The predicted molar refractivity (Wildman–Crippen MR) is 143 cm³/mol. The number of benzene rings is 2. The maximum Gasteiger partial charge on any atom is 0.275 e. The first-order valence-electron chi connectivity index (χ1n) is 13.9. The molecule has 1 atom stereocenters. The molecule has 198 valence electrons. The number of likely N-dealkylation sites (tertiary alicyclic amines) is 1. The molecule has 1 aromatic heterocycles. The first-order valence-corrected chi connectivity index (χ1v) is 13.9. The Morgan fingerprint density at radius 3 is 2.53 bits per heavy atom. The molecule has 0 N–H and O–H groups in total. The minimum atomic E-state index is -0.137. The Kier molecular flexibility index (Phi) is 6.92. The van der Waals surface area contributed by atoms with Crippen LogP contribution in [0, 0.1) is 12.8 Å². The average molecular weight is 514 g/mol. The lowest BCUT2D eigenvalue weighted by Gasteiger charge is -2.39. The van der Waals surface area contributed by atoms with E-state index in [1.807, 2.05) is 11.0 Å². The molecule has 3 heterocycles. The van der Waals surface area contributed by atoms with Crippen LogP contribution in [0.15, 0.2) is 53.1 Å². The summed E-state index contributed by atoms with van der Waals surface area (Å²) in [7, 11) is 0. The maximum atomic E-state index is 13.7. The molecular formula is C31H35N3O4. The lowest BCUT2D eigenvalue weighted by molar-refractivity contribution is -0.137. The van der Waals surface area contributed by atoms with Crippen molar-refractivity contribution in [2.45, 2.75) is 64.5 Å². The fourth-order valence-corrected chi connectivity index (χ4v) is 6.14. The molecule has 3 aromatic rings. The lowest BCUT2D eigenvalue weighted by atomic mass is 9.86. The molecule has 2 aromatic carbocycles. The van der Waals surface area contributed by atoms with Gasteiger partial charge in [-0.05, 0) is 67.9 Å². The predicted octanol–water partition coefficient (Wildman–Crippen LogP) is 5.46. The van der Waals surface area contributed by atoms with Gasteiger partial charge in [0.15, 0.2) is 12.3 Å². The third-order valence-electron chi connectivity index (χ3n) is 8.25.